The van der Waals surface area contributed by atoms with Crippen molar-refractivity contribution in [3.63, 3.8) is 0 Å². The van der Waals surface area contributed by atoms with Crippen LogP contribution in [0.1, 0.15) is 19.4 Å². The van der Waals surface area contributed by atoms with Crippen molar-refractivity contribution < 1.29 is 14.4 Å². The number of rotatable bonds is 6. The van der Waals surface area contributed by atoms with Gasteiger partial charge in [0.2, 0.25) is 0 Å². The summed E-state index contributed by atoms with van der Waals surface area (Å²) in [7, 11) is 1.67. The summed E-state index contributed by atoms with van der Waals surface area (Å²) in [5.74, 6) is 0.865. The van der Waals surface area contributed by atoms with Crippen molar-refractivity contribution in [3.8, 4) is 5.75 Å². The standard InChI is InChI=1S/C17H27N3O2S/c1-17(2,20-8-10-22-11-9-20)13-19-16(23)18-12-14-4-6-15(21-3)7-5-14/h4-7H,8-13H2,1-3H3,(H2,18,19,23)/p+1. The lowest BCUT2D eigenvalue weighted by Crippen LogP contribution is -3.22. The quantitative estimate of drug-likeness (QED) is 0.654. The van der Waals surface area contributed by atoms with E-state index in [-0.39, 0.29) is 5.54 Å². The van der Waals surface area contributed by atoms with Gasteiger partial charge in [-0.25, -0.2) is 0 Å². The molecule has 0 saturated carbocycles. The topological polar surface area (TPSA) is 47.0 Å². The van der Waals surface area contributed by atoms with E-state index < -0.39 is 0 Å². The summed E-state index contributed by atoms with van der Waals surface area (Å²) in [6, 6.07) is 7.99. The second kappa shape index (κ2) is 8.47. The zero-order valence-electron chi connectivity index (χ0n) is 14.3. The summed E-state index contributed by atoms with van der Waals surface area (Å²) in [6.07, 6.45) is 0. The van der Waals surface area contributed by atoms with Gasteiger partial charge in [0.05, 0.1) is 26.9 Å². The van der Waals surface area contributed by atoms with Crippen LogP contribution in [0.5, 0.6) is 5.75 Å². The molecule has 1 aliphatic rings. The number of nitrogens with one attached hydrogen (secondary N) is 3. The molecule has 1 fully saturated rings. The fourth-order valence-corrected chi connectivity index (χ4v) is 2.85. The Morgan fingerprint density at radius 2 is 1.87 bits per heavy atom. The first-order chi connectivity index (χ1) is 11.0. The van der Waals surface area contributed by atoms with Crippen LogP contribution >= 0.6 is 12.2 Å². The predicted molar refractivity (Wildman–Crippen MR) is 96.0 cm³/mol. The number of methoxy groups -OCH3 is 1. The van der Waals surface area contributed by atoms with Gasteiger partial charge < -0.3 is 25.0 Å². The molecule has 0 amide bonds. The molecule has 0 radical (unpaired) electrons. The number of quaternary nitrogens is 1. The lowest BCUT2D eigenvalue weighted by Gasteiger charge is -2.37. The molecule has 1 saturated heterocycles. The summed E-state index contributed by atoms with van der Waals surface area (Å²) in [5, 5.41) is 7.30. The minimum Gasteiger partial charge on any atom is -0.497 e. The van der Waals surface area contributed by atoms with Gasteiger partial charge in [0.1, 0.15) is 24.4 Å². The SMILES string of the molecule is COc1ccc(CNC(=S)NCC(C)(C)[NH+]2CCOCC2)cc1. The molecule has 0 bridgehead atoms. The van der Waals surface area contributed by atoms with Gasteiger partial charge in [-0.05, 0) is 43.8 Å². The minimum atomic E-state index is 0.135. The second-order valence-electron chi connectivity index (χ2n) is 6.48. The van der Waals surface area contributed by atoms with E-state index in [0.717, 1.165) is 38.6 Å². The number of benzene rings is 1. The fraction of sp³-hybridized carbons (Fsp3) is 0.588. The fourth-order valence-electron chi connectivity index (χ4n) is 2.71. The van der Waals surface area contributed by atoms with Crippen LogP contribution < -0.4 is 20.3 Å². The van der Waals surface area contributed by atoms with Crippen molar-refractivity contribution in [2.24, 2.45) is 0 Å². The Bertz CT molecular complexity index is 499. The molecule has 0 unspecified atom stereocenters. The molecule has 0 atom stereocenters. The highest BCUT2D eigenvalue weighted by Gasteiger charge is 2.32. The van der Waals surface area contributed by atoms with Gasteiger partial charge in [-0.3, -0.25) is 0 Å². The Balaban J connectivity index is 1.73. The number of morpholine rings is 1. The van der Waals surface area contributed by atoms with E-state index in [1.54, 1.807) is 12.0 Å². The highest BCUT2D eigenvalue weighted by atomic mass is 32.1. The maximum atomic E-state index is 5.44. The second-order valence-corrected chi connectivity index (χ2v) is 6.89. The summed E-state index contributed by atoms with van der Waals surface area (Å²) in [5.41, 5.74) is 1.31. The Morgan fingerprint density at radius 3 is 2.48 bits per heavy atom. The molecule has 23 heavy (non-hydrogen) atoms. The monoisotopic (exact) mass is 338 g/mol. The largest absolute Gasteiger partial charge is 0.497 e. The van der Waals surface area contributed by atoms with Crippen molar-refractivity contribution in [3.05, 3.63) is 29.8 Å². The van der Waals surface area contributed by atoms with Crippen LogP contribution in [0.15, 0.2) is 24.3 Å². The molecular formula is C17H28N3O2S+. The van der Waals surface area contributed by atoms with Crippen LogP contribution in [0.2, 0.25) is 0 Å². The van der Waals surface area contributed by atoms with Crippen LogP contribution in [0.3, 0.4) is 0 Å². The zero-order valence-corrected chi connectivity index (χ0v) is 15.1. The molecule has 1 heterocycles. The predicted octanol–water partition coefficient (Wildman–Crippen LogP) is 0.353. The average molecular weight is 338 g/mol. The summed E-state index contributed by atoms with van der Waals surface area (Å²) in [4.78, 5) is 1.56. The number of hydrogen-bond donors (Lipinski definition) is 3. The minimum absolute atomic E-state index is 0.135. The first-order valence-electron chi connectivity index (χ1n) is 8.09. The highest BCUT2D eigenvalue weighted by molar-refractivity contribution is 7.80. The lowest BCUT2D eigenvalue weighted by atomic mass is 10.0. The van der Waals surface area contributed by atoms with Crippen molar-refractivity contribution in [2.45, 2.75) is 25.9 Å². The Morgan fingerprint density at radius 1 is 1.22 bits per heavy atom. The molecule has 0 aromatic heterocycles. The first-order valence-corrected chi connectivity index (χ1v) is 8.49. The van der Waals surface area contributed by atoms with E-state index >= 15 is 0 Å². The summed E-state index contributed by atoms with van der Waals surface area (Å²) in [6.45, 7) is 9.90. The molecule has 6 heteroatoms. The number of hydrogen-bond acceptors (Lipinski definition) is 3. The third-order valence-electron chi connectivity index (χ3n) is 4.36. The van der Waals surface area contributed by atoms with Gasteiger partial charge in [0.15, 0.2) is 5.11 Å². The first kappa shape index (κ1) is 18.0. The van der Waals surface area contributed by atoms with Crippen molar-refractivity contribution in [1.29, 1.82) is 0 Å². The third kappa shape index (κ3) is 5.64. The molecular weight excluding hydrogens is 310 g/mol. The van der Waals surface area contributed by atoms with Gasteiger partial charge in [-0.1, -0.05) is 12.1 Å². The smallest absolute Gasteiger partial charge is 0.166 e. The van der Waals surface area contributed by atoms with E-state index in [1.165, 1.54) is 5.56 Å². The van der Waals surface area contributed by atoms with Crippen molar-refractivity contribution in [2.75, 3.05) is 40.0 Å². The Kier molecular flexibility index (Phi) is 6.62. The molecule has 0 spiro atoms. The van der Waals surface area contributed by atoms with Gasteiger partial charge in [0, 0.05) is 6.54 Å². The zero-order chi connectivity index (χ0) is 16.7. The highest BCUT2D eigenvalue weighted by Crippen LogP contribution is 2.10. The van der Waals surface area contributed by atoms with E-state index in [2.05, 4.69) is 24.5 Å². The molecule has 2 rings (SSSR count). The van der Waals surface area contributed by atoms with Crippen LogP contribution in [-0.4, -0.2) is 50.6 Å². The number of ether oxygens (including phenoxy) is 2. The van der Waals surface area contributed by atoms with Crippen LogP contribution in [-0.2, 0) is 11.3 Å². The van der Waals surface area contributed by atoms with Crippen molar-refractivity contribution >= 4 is 17.3 Å². The van der Waals surface area contributed by atoms with Gasteiger partial charge in [-0.2, -0.15) is 0 Å². The Hall–Kier alpha value is -1.37. The average Bonchev–Trinajstić information content (AvgIpc) is 2.59. The van der Waals surface area contributed by atoms with E-state index in [0.29, 0.717) is 11.7 Å². The van der Waals surface area contributed by atoms with Crippen LogP contribution in [0.4, 0.5) is 0 Å². The van der Waals surface area contributed by atoms with E-state index in [9.17, 15) is 0 Å². The Labute approximate surface area is 144 Å². The lowest BCUT2D eigenvalue weighted by molar-refractivity contribution is -0.954. The third-order valence-corrected chi connectivity index (χ3v) is 4.65. The van der Waals surface area contributed by atoms with Gasteiger partial charge in [0.25, 0.3) is 0 Å². The molecule has 128 valence electrons. The molecule has 0 aliphatic carbocycles. The molecule has 5 nitrogen and oxygen atoms in total. The molecule has 1 aliphatic heterocycles. The summed E-state index contributed by atoms with van der Waals surface area (Å²) < 4.78 is 10.6. The van der Waals surface area contributed by atoms with E-state index in [4.69, 9.17) is 21.7 Å². The molecule has 3 N–H and O–H groups in total. The maximum Gasteiger partial charge on any atom is 0.166 e. The maximum absolute atomic E-state index is 5.44. The van der Waals surface area contributed by atoms with Gasteiger partial charge >= 0.3 is 0 Å². The molecule has 1 aromatic rings. The van der Waals surface area contributed by atoms with Crippen LogP contribution in [0.25, 0.3) is 0 Å². The van der Waals surface area contributed by atoms with Crippen molar-refractivity contribution in [1.82, 2.24) is 10.6 Å². The molecule has 1 aromatic carbocycles. The number of thiocarbonyl (C=S) groups is 1. The summed E-state index contributed by atoms with van der Waals surface area (Å²) >= 11 is 5.39. The van der Waals surface area contributed by atoms with Crippen LogP contribution in [0, 0.1) is 0 Å². The normalized spacial score (nSPS) is 16.0. The van der Waals surface area contributed by atoms with Gasteiger partial charge in [-0.15, -0.1) is 0 Å². The van der Waals surface area contributed by atoms with E-state index in [1.807, 2.05) is 24.3 Å².